The van der Waals surface area contributed by atoms with E-state index in [1.165, 1.54) is 0 Å². The Kier molecular flexibility index (Phi) is 5.65. The van der Waals surface area contributed by atoms with Gasteiger partial charge in [0.2, 0.25) is 0 Å². The van der Waals surface area contributed by atoms with E-state index in [1.54, 1.807) is 0 Å². The number of ether oxygens (including phenoxy) is 1. The van der Waals surface area contributed by atoms with Crippen molar-refractivity contribution >= 4 is 11.7 Å². The first-order valence-electron chi connectivity index (χ1n) is 6.27. The number of rotatable bonds is 6. The minimum atomic E-state index is -0.184. The van der Waals surface area contributed by atoms with Gasteiger partial charge in [-0.3, -0.25) is 9.69 Å². The number of nitrogens with two attached hydrogens (primary N) is 1. The van der Waals surface area contributed by atoms with Crippen LogP contribution in [-0.2, 0) is 16.1 Å². The summed E-state index contributed by atoms with van der Waals surface area (Å²) in [5.41, 5.74) is 7.58. The lowest BCUT2D eigenvalue weighted by molar-refractivity contribution is -0.148. The number of nitrogen functional groups attached to an aromatic ring is 1. The van der Waals surface area contributed by atoms with Crippen LogP contribution < -0.4 is 5.73 Å². The maximum Gasteiger partial charge on any atom is 0.320 e. The van der Waals surface area contributed by atoms with E-state index in [9.17, 15) is 4.79 Å². The first-order chi connectivity index (χ1) is 8.51. The number of esters is 1. The average Bonchev–Trinajstić information content (AvgIpc) is 2.27. The van der Waals surface area contributed by atoms with Crippen molar-refractivity contribution in [1.29, 1.82) is 0 Å². The van der Waals surface area contributed by atoms with Gasteiger partial charge in [0.15, 0.2) is 0 Å². The summed E-state index contributed by atoms with van der Waals surface area (Å²) in [5.74, 6) is -0.184. The highest BCUT2D eigenvalue weighted by Crippen LogP contribution is 2.09. The largest absolute Gasteiger partial charge is 0.462 e. The van der Waals surface area contributed by atoms with E-state index in [0.29, 0.717) is 13.1 Å². The zero-order valence-corrected chi connectivity index (χ0v) is 11.3. The van der Waals surface area contributed by atoms with E-state index in [-0.39, 0.29) is 12.1 Å². The van der Waals surface area contributed by atoms with Crippen LogP contribution >= 0.6 is 0 Å². The number of benzene rings is 1. The summed E-state index contributed by atoms with van der Waals surface area (Å²) < 4.78 is 5.14. The number of anilines is 1. The lowest BCUT2D eigenvalue weighted by Gasteiger charge is -2.20. The molecule has 0 aromatic heterocycles. The van der Waals surface area contributed by atoms with Crippen LogP contribution in [0.4, 0.5) is 5.69 Å². The standard InChI is InChI=1S/C14H22N2O2/c1-4-16(10-14(17)18-11(2)3)9-12-6-5-7-13(15)8-12/h5-8,11H,4,9-10,15H2,1-3H3. The van der Waals surface area contributed by atoms with Gasteiger partial charge in [-0.05, 0) is 38.1 Å². The van der Waals surface area contributed by atoms with E-state index in [1.807, 2.05) is 49.9 Å². The normalized spacial score (nSPS) is 10.9. The third kappa shape index (κ3) is 5.19. The molecule has 1 aromatic carbocycles. The Labute approximate surface area is 109 Å². The molecule has 0 saturated carbocycles. The summed E-state index contributed by atoms with van der Waals surface area (Å²) >= 11 is 0. The summed E-state index contributed by atoms with van der Waals surface area (Å²) in [4.78, 5) is 13.6. The first-order valence-corrected chi connectivity index (χ1v) is 6.27. The molecule has 0 spiro atoms. The average molecular weight is 250 g/mol. The van der Waals surface area contributed by atoms with Gasteiger partial charge in [-0.2, -0.15) is 0 Å². The zero-order chi connectivity index (χ0) is 13.5. The molecule has 0 amide bonds. The second-order valence-corrected chi connectivity index (χ2v) is 4.59. The molecule has 1 rings (SSSR count). The molecule has 0 aliphatic heterocycles. The van der Waals surface area contributed by atoms with Crippen molar-refractivity contribution in [2.45, 2.75) is 33.4 Å². The van der Waals surface area contributed by atoms with Gasteiger partial charge in [0.1, 0.15) is 0 Å². The van der Waals surface area contributed by atoms with Crippen LogP contribution in [0.1, 0.15) is 26.3 Å². The summed E-state index contributed by atoms with van der Waals surface area (Å²) in [6, 6.07) is 7.71. The fourth-order valence-electron chi connectivity index (χ4n) is 1.71. The summed E-state index contributed by atoms with van der Waals surface area (Å²) in [7, 11) is 0. The van der Waals surface area contributed by atoms with E-state index in [2.05, 4.69) is 0 Å². The smallest absolute Gasteiger partial charge is 0.320 e. The van der Waals surface area contributed by atoms with Gasteiger partial charge in [-0.25, -0.2) is 0 Å². The van der Waals surface area contributed by atoms with Gasteiger partial charge < -0.3 is 10.5 Å². The van der Waals surface area contributed by atoms with Crippen molar-refractivity contribution < 1.29 is 9.53 Å². The van der Waals surface area contributed by atoms with Crippen molar-refractivity contribution in [3.8, 4) is 0 Å². The summed E-state index contributed by atoms with van der Waals surface area (Å²) in [6.45, 7) is 7.54. The van der Waals surface area contributed by atoms with Crippen LogP contribution in [0, 0.1) is 0 Å². The first kappa shape index (κ1) is 14.5. The van der Waals surface area contributed by atoms with Crippen LogP contribution in [-0.4, -0.2) is 30.1 Å². The molecule has 0 unspecified atom stereocenters. The van der Waals surface area contributed by atoms with E-state index in [0.717, 1.165) is 17.8 Å². The molecule has 0 saturated heterocycles. The molecule has 0 aliphatic rings. The molecular weight excluding hydrogens is 228 g/mol. The molecule has 0 bridgehead atoms. The van der Waals surface area contributed by atoms with Gasteiger partial charge in [0.25, 0.3) is 0 Å². The fraction of sp³-hybridized carbons (Fsp3) is 0.500. The second-order valence-electron chi connectivity index (χ2n) is 4.59. The second kappa shape index (κ2) is 7.01. The highest BCUT2D eigenvalue weighted by atomic mass is 16.5. The molecule has 0 heterocycles. The molecule has 18 heavy (non-hydrogen) atoms. The van der Waals surface area contributed by atoms with Crippen molar-refractivity contribution in [2.24, 2.45) is 0 Å². The van der Waals surface area contributed by atoms with Crippen molar-refractivity contribution in [1.82, 2.24) is 4.90 Å². The quantitative estimate of drug-likeness (QED) is 0.620. The zero-order valence-electron chi connectivity index (χ0n) is 11.3. The number of likely N-dealkylation sites (N-methyl/N-ethyl adjacent to an activating group) is 1. The highest BCUT2D eigenvalue weighted by Gasteiger charge is 2.12. The number of hydrogen-bond acceptors (Lipinski definition) is 4. The minimum absolute atomic E-state index is 0.0661. The fourth-order valence-corrected chi connectivity index (χ4v) is 1.71. The maximum atomic E-state index is 11.6. The van der Waals surface area contributed by atoms with Crippen LogP contribution in [0.15, 0.2) is 24.3 Å². The van der Waals surface area contributed by atoms with Crippen molar-refractivity contribution in [3.63, 3.8) is 0 Å². The van der Waals surface area contributed by atoms with Crippen LogP contribution in [0.3, 0.4) is 0 Å². The lowest BCUT2D eigenvalue weighted by Crippen LogP contribution is -2.31. The Balaban J connectivity index is 2.54. The Hall–Kier alpha value is -1.55. The molecular formula is C14H22N2O2. The SMILES string of the molecule is CCN(CC(=O)OC(C)C)Cc1cccc(N)c1. The molecule has 0 radical (unpaired) electrons. The Morgan fingerprint density at radius 1 is 1.44 bits per heavy atom. The predicted octanol–water partition coefficient (Wildman–Crippen LogP) is 2.04. The molecule has 0 atom stereocenters. The third-order valence-electron chi connectivity index (χ3n) is 2.52. The van der Waals surface area contributed by atoms with Crippen LogP contribution in [0.25, 0.3) is 0 Å². The van der Waals surface area contributed by atoms with Gasteiger partial charge in [-0.1, -0.05) is 19.1 Å². The number of carbonyl (C=O) groups excluding carboxylic acids is 1. The number of hydrogen-bond donors (Lipinski definition) is 1. The summed E-state index contributed by atoms with van der Waals surface area (Å²) in [5, 5.41) is 0. The maximum absolute atomic E-state index is 11.6. The third-order valence-corrected chi connectivity index (χ3v) is 2.52. The monoisotopic (exact) mass is 250 g/mol. The van der Waals surface area contributed by atoms with E-state index < -0.39 is 0 Å². The Bertz CT molecular complexity index is 391. The highest BCUT2D eigenvalue weighted by molar-refractivity contribution is 5.71. The molecule has 0 fully saturated rings. The van der Waals surface area contributed by atoms with E-state index >= 15 is 0 Å². The topological polar surface area (TPSA) is 55.6 Å². The lowest BCUT2D eigenvalue weighted by atomic mass is 10.2. The van der Waals surface area contributed by atoms with Gasteiger partial charge in [0, 0.05) is 12.2 Å². The molecule has 0 aliphatic carbocycles. The molecule has 2 N–H and O–H groups in total. The Morgan fingerprint density at radius 2 is 2.17 bits per heavy atom. The number of nitrogens with zero attached hydrogens (tertiary/aromatic N) is 1. The Morgan fingerprint density at radius 3 is 2.72 bits per heavy atom. The molecule has 100 valence electrons. The number of carbonyl (C=O) groups is 1. The molecule has 1 aromatic rings. The van der Waals surface area contributed by atoms with Crippen molar-refractivity contribution in [3.05, 3.63) is 29.8 Å². The molecule has 4 heteroatoms. The van der Waals surface area contributed by atoms with Crippen LogP contribution in [0.5, 0.6) is 0 Å². The van der Waals surface area contributed by atoms with Crippen molar-refractivity contribution in [2.75, 3.05) is 18.8 Å². The van der Waals surface area contributed by atoms with Gasteiger partial charge >= 0.3 is 5.97 Å². The van der Waals surface area contributed by atoms with Gasteiger partial charge in [-0.15, -0.1) is 0 Å². The van der Waals surface area contributed by atoms with Crippen LogP contribution in [0.2, 0.25) is 0 Å². The predicted molar refractivity (Wildman–Crippen MR) is 73.0 cm³/mol. The molecule has 4 nitrogen and oxygen atoms in total. The summed E-state index contributed by atoms with van der Waals surface area (Å²) in [6.07, 6.45) is -0.0661. The van der Waals surface area contributed by atoms with Gasteiger partial charge in [0.05, 0.1) is 12.6 Å². The van der Waals surface area contributed by atoms with E-state index in [4.69, 9.17) is 10.5 Å². The minimum Gasteiger partial charge on any atom is -0.462 e.